The Balaban J connectivity index is 1.91. The minimum Gasteiger partial charge on any atom is -0.492 e. The van der Waals surface area contributed by atoms with Gasteiger partial charge >= 0.3 is 0 Å². The van der Waals surface area contributed by atoms with Gasteiger partial charge in [-0.1, -0.05) is 0 Å². The highest BCUT2D eigenvalue weighted by Gasteiger charge is 2.25. The van der Waals surface area contributed by atoms with E-state index < -0.39 is 0 Å². The molecule has 1 saturated carbocycles. The predicted molar refractivity (Wildman–Crippen MR) is 115 cm³/mol. The summed E-state index contributed by atoms with van der Waals surface area (Å²) in [4.78, 5) is 16.6. The van der Waals surface area contributed by atoms with Gasteiger partial charge in [0.25, 0.3) is 5.91 Å². The van der Waals surface area contributed by atoms with Crippen molar-refractivity contribution < 1.29 is 14.3 Å². The maximum Gasteiger partial charge on any atom is 0.273 e. The van der Waals surface area contributed by atoms with Crippen LogP contribution in [-0.4, -0.2) is 37.4 Å². The van der Waals surface area contributed by atoms with E-state index in [1.807, 2.05) is 20.8 Å². The molecule has 8 heteroatoms. The number of amides is 1. The van der Waals surface area contributed by atoms with Crippen molar-refractivity contribution in [3.8, 4) is 17.6 Å². The Morgan fingerprint density at radius 3 is 2.63 bits per heavy atom. The molecule has 1 aliphatic carbocycles. The summed E-state index contributed by atoms with van der Waals surface area (Å²) in [6.07, 6.45) is 4.73. The van der Waals surface area contributed by atoms with E-state index in [9.17, 15) is 4.79 Å². The maximum atomic E-state index is 12.5. The first-order valence-corrected chi connectivity index (χ1v) is 10.1. The summed E-state index contributed by atoms with van der Waals surface area (Å²) in [5, 5.41) is 19.7. The number of ether oxygens (including phenoxy) is 2. The van der Waals surface area contributed by atoms with Crippen LogP contribution in [0.15, 0.2) is 45.3 Å². The minimum absolute atomic E-state index is 0.0539. The van der Waals surface area contributed by atoms with Crippen LogP contribution in [0.5, 0.6) is 11.5 Å². The summed E-state index contributed by atoms with van der Waals surface area (Å²) in [6.45, 7) is 6.06. The van der Waals surface area contributed by atoms with E-state index >= 15 is 0 Å². The highest BCUT2D eigenvalue weighted by atomic mass is 16.5. The summed E-state index contributed by atoms with van der Waals surface area (Å²) in [7, 11) is 1.52. The van der Waals surface area contributed by atoms with Crippen molar-refractivity contribution in [2.24, 2.45) is 15.2 Å². The second-order valence-corrected chi connectivity index (χ2v) is 7.16. The van der Waals surface area contributed by atoms with Gasteiger partial charge in [-0.15, -0.1) is 5.11 Å². The highest BCUT2D eigenvalue weighted by molar-refractivity contribution is 5.93. The molecule has 1 aliphatic rings. The van der Waals surface area contributed by atoms with Crippen molar-refractivity contribution in [2.75, 3.05) is 13.7 Å². The third kappa shape index (κ3) is 6.99. The Hall–Kier alpha value is -3.21. The molecule has 2 rings (SSSR count). The Bertz CT molecular complexity index is 858. The van der Waals surface area contributed by atoms with Gasteiger partial charge < -0.3 is 14.8 Å². The average Bonchev–Trinajstić information content (AvgIpc) is 2.73. The van der Waals surface area contributed by atoms with Gasteiger partial charge in [0.15, 0.2) is 5.70 Å². The quantitative estimate of drug-likeness (QED) is 0.393. The van der Waals surface area contributed by atoms with Gasteiger partial charge in [-0.3, -0.25) is 9.79 Å². The Morgan fingerprint density at radius 2 is 2.03 bits per heavy atom. The van der Waals surface area contributed by atoms with Crippen LogP contribution >= 0.6 is 0 Å². The lowest BCUT2D eigenvalue weighted by Gasteiger charge is -2.29. The highest BCUT2D eigenvalue weighted by Crippen LogP contribution is 2.28. The molecular formula is C22H29N5O3. The number of carbonyl (C=O) groups is 1. The number of nitrogens with zero attached hydrogens (tertiary/aromatic N) is 4. The average molecular weight is 412 g/mol. The Kier molecular flexibility index (Phi) is 9.01. The first-order chi connectivity index (χ1) is 14.5. The van der Waals surface area contributed by atoms with Crippen LogP contribution in [0, 0.1) is 11.3 Å². The third-order valence-corrected chi connectivity index (χ3v) is 4.57. The number of rotatable bonds is 8. The van der Waals surface area contributed by atoms with Gasteiger partial charge in [-0.25, -0.2) is 0 Å². The zero-order valence-corrected chi connectivity index (χ0v) is 18.0. The Morgan fingerprint density at radius 1 is 1.30 bits per heavy atom. The third-order valence-electron chi connectivity index (χ3n) is 4.57. The number of azo groups is 1. The molecule has 0 saturated heterocycles. The van der Waals surface area contributed by atoms with Gasteiger partial charge in [-0.2, -0.15) is 10.4 Å². The molecule has 0 radical (unpaired) electrons. The standard InChI is InChI=1S/C22H29N5O3/c1-5-29-21-12-19(9-6-16(21)13-23)30-18-10-7-17(8-11-18)26-22(28)20(27-24-4)14-25-15(2)3/h6,9,12,14,17-18H,5,7-8,10-11H2,1-4H3,(H,26,28)/b20-14-,27-24?. The van der Waals surface area contributed by atoms with Crippen molar-refractivity contribution in [3.63, 3.8) is 0 Å². The molecule has 0 aromatic heterocycles. The number of nitrogens with one attached hydrogen (secondary N) is 1. The molecule has 8 nitrogen and oxygen atoms in total. The first-order valence-electron chi connectivity index (χ1n) is 10.1. The molecule has 1 aromatic rings. The summed E-state index contributed by atoms with van der Waals surface area (Å²) in [6, 6.07) is 7.44. The zero-order valence-electron chi connectivity index (χ0n) is 18.0. The number of hydrogen-bond acceptors (Lipinski definition) is 7. The molecule has 0 spiro atoms. The molecule has 0 bridgehead atoms. The SMILES string of the molecule is CCOc1cc(OC2CCC(NC(=O)/C(=C/N=C(C)C)N=NC)CC2)ccc1C#N. The van der Waals surface area contributed by atoms with E-state index in [-0.39, 0.29) is 23.8 Å². The van der Waals surface area contributed by atoms with Crippen molar-refractivity contribution in [1.29, 1.82) is 5.26 Å². The van der Waals surface area contributed by atoms with E-state index in [2.05, 4.69) is 26.6 Å². The predicted octanol–water partition coefficient (Wildman–Crippen LogP) is 4.17. The van der Waals surface area contributed by atoms with E-state index in [1.165, 1.54) is 13.2 Å². The molecule has 1 fully saturated rings. The number of nitriles is 1. The number of benzene rings is 1. The molecule has 1 amide bonds. The van der Waals surface area contributed by atoms with Crippen LogP contribution < -0.4 is 14.8 Å². The van der Waals surface area contributed by atoms with Crippen LogP contribution in [0.25, 0.3) is 0 Å². The first kappa shape index (κ1) is 23.1. The van der Waals surface area contributed by atoms with Crippen LogP contribution in [0.1, 0.15) is 52.0 Å². The lowest BCUT2D eigenvalue weighted by molar-refractivity contribution is -0.118. The van der Waals surface area contributed by atoms with Gasteiger partial charge in [-0.05, 0) is 58.6 Å². The summed E-state index contributed by atoms with van der Waals surface area (Å²) in [5.74, 6) is 0.947. The van der Waals surface area contributed by atoms with Crippen molar-refractivity contribution in [2.45, 2.75) is 58.6 Å². The molecule has 160 valence electrons. The van der Waals surface area contributed by atoms with Crippen LogP contribution in [0.2, 0.25) is 0 Å². The van der Waals surface area contributed by atoms with Gasteiger partial charge in [0.2, 0.25) is 0 Å². The van der Waals surface area contributed by atoms with Gasteiger partial charge in [0.05, 0.1) is 24.5 Å². The fraction of sp³-hybridized carbons (Fsp3) is 0.500. The second kappa shape index (κ2) is 11.7. The smallest absolute Gasteiger partial charge is 0.273 e. The van der Waals surface area contributed by atoms with Crippen molar-refractivity contribution in [3.05, 3.63) is 35.7 Å². The van der Waals surface area contributed by atoms with Crippen molar-refractivity contribution in [1.82, 2.24) is 5.32 Å². The van der Waals surface area contributed by atoms with E-state index in [1.54, 1.807) is 18.2 Å². The topological polar surface area (TPSA) is 108 Å². The van der Waals surface area contributed by atoms with Crippen molar-refractivity contribution >= 4 is 11.6 Å². The molecular weight excluding hydrogens is 382 g/mol. The largest absolute Gasteiger partial charge is 0.492 e. The van der Waals surface area contributed by atoms with Gasteiger partial charge in [0.1, 0.15) is 17.6 Å². The summed E-state index contributed by atoms with van der Waals surface area (Å²) < 4.78 is 11.6. The molecule has 1 aromatic carbocycles. The Labute approximate surface area is 177 Å². The summed E-state index contributed by atoms with van der Waals surface area (Å²) in [5.41, 5.74) is 1.52. The maximum absolute atomic E-state index is 12.5. The normalized spacial score (nSPS) is 19.1. The van der Waals surface area contributed by atoms with Crippen LogP contribution in [-0.2, 0) is 4.79 Å². The molecule has 0 unspecified atom stereocenters. The minimum atomic E-state index is -0.275. The number of aliphatic imine (C=N–C) groups is 1. The second-order valence-electron chi connectivity index (χ2n) is 7.16. The molecule has 0 heterocycles. The lowest BCUT2D eigenvalue weighted by atomic mass is 9.93. The molecule has 0 atom stereocenters. The fourth-order valence-electron chi connectivity index (χ4n) is 3.15. The molecule has 0 aliphatic heterocycles. The van der Waals surface area contributed by atoms with Gasteiger partial charge in [0, 0.05) is 24.9 Å². The monoisotopic (exact) mass is 411 g/mol. The summed E-state index contributed by atoms with van der Waals surface area (Å²) >= 11 is 0. The molecule has 1 N–H and O–H groups in total. The van der Waals surface area contributed by atoms with E-state index in [4.69, 9.17) is 14.7 Å². The van der Waals surface area contributed by atoms with E-state index in [0.29, 0.717) is 23.7 Å². The number of hydrogen-bond donors (Lipinski definition) is 1. The van der Waals surface area contributed by atoms with Crippen LogP contribution in [0.4, 0.5) is 0 Å². The molecule has 30 heavy (non-hydrogen) atoms. The van der Waals surface area contributed by atoms with Crippen LogP contribution in [0.3, 0.4) is 0 Å². The number of carbonyl (C=O) groups excluding carboxylic acids is 1. The van der Waals surface area contributed by atoms with E-state index in [0.717, 1.165) is 31.4 Å². The zero-order chi connectivity index (χ0) is 21.9. The lowest BCUT2D eigenvalue weighted by Crippen LogP contribution is -2.40. The fourth-order valence-corrected chi connectivity index (χ4v) is 3.15.